The van der Waals surface area contributed by atoms with Gasteiger partial charge < -0.3 is 14.0 Å². The molecule has 0 N–H and O–H groups in total. The molecule has 0 aliphatic heterocycles. The van der Waals surface area contributed by atoms with E-state index in [2.05, 4.69) is 0 Å². The predicted molar refractivity (Wildman–Crippen MR) is 88.5 cm³/mol. The summed E-state index contributed by atoms with van der Waals surface area (Å²) >= 11 is 0. The van der Waals surface area contributed by atoms with Crippen LogP contribution in [0, 0.1) is 0 Å². The van der Waals surface area contributed by atoms with E-state index in [1.807, 2.05) is 41.0 Å². The van der Waals surface area contributed by atoms with Gasteiger partial charge in [0.05, 0.1) is 17.6 Å². The Labute approximate surface area is 133 Å². The lowest BCUT2D eigenvalue weighted by Gasteiger charge is -2.14. The number of hydrogen-bond acceptors (Lipinski definition) is 4. The zero-order chi connectivity index (χ0) is 16.2. The van der Waals surface area contributed by atoms with E-state index < -0.39 is 0 Å². The summed E-state index contributed by atoms with van der Waals surface area (Å²) in [5, 5.41) is 1.19. The number of nitrogens with zero attached hydrogens (tertiary/aromatic N) is 1. The topological polar surface area (TPSA) is 57.5 Å². The lowest BCUT2D eigenvalue weighted by molar-refractivity contribution is -0.145. The number of aromatic nitrogens is 1. The number of rotatable bonds is 5. The molecule has 5 heteroatoms. The molecule has 0 atom stereocenters. The molecule has 5 nitrogen and oxygen atoms in total. The lowest BCUT2D eigenvalue weighted by Crippen LogP contribution is -2.19. The average Bonchev–Trinajstić information content (AvgIpc) is 2.59. The van der Waals surface area contributed by atoms with Crippen LogP contribution >= 0.6 is 0 Å². The lowest BCUT2D eigenvalue weighted by atomic mass is 10.1. The second kappa shape index (κ2) is 6.62. The first-order valence-electron chi connectivity index (χ1n) is 7.37. The number of carbonyl (C=O) groups is 1. The van der Waals surface area contributed by atoms with Crippen molar-refractivity contribution in [1.82, 2.24) is 4.57 Å². The zero-order valence-corrected chi connectivity index (χ0v) is 12.8. The van der Waals surface area contributed by atoms with Gasteiger partial charge in [-0.2, -0.15) is 0 Å². The first-order chi connectivity index (χ1) is 11.2. The summed E-state index contributed by atoms with van der Waals surface area (Å²) in [7, 11) is 1.55. The number of hydrogen-bond donors (Lipinski definition) is 0. The molecule has 118 valence electrons. The Morgan fingerprint density at radius 2 is 1.52 bits per heavy atom. The minimum absolute atomic E-state index is 0.0276. The largest absolute Gasteiger partial charge is 0.462 e. The summed E-state index contributed by atoms with van der Waals surface area (Å²) < 4.78 is 11.8. The zero-order valence-electron chi connectivity index (χ0n) is 12.8. The highest BCUT2D eigenvalue weighted by atomic mass is 16.6. The van der Waals surface area contributed by atoms with Gasteiger partial charge in [-0.25, -0.2) is 0 Å². The monoisotopic (exact) mass is 311 g/mol. The number of pyridine rings is 1. The van der Waals surface area contributed by atoms with Crippen molar-refractivity contribution in [3.05, 3.63) is 58.8 Å². The molecular formula is C18H17NO4. The van der Waals surface area contributed by atoms with Crippen molar-refractivity contribution in [2.24, 2.45) is 0 Å². The standard InChI is InChI=1S/C18H17NO4/c1-22-10-11-23-17(20)12-19-15-8-4-2-6-13(15)18(21)14-7-3-5-9-16(14)19/h2-9H,10-12H2,1H3. The third kappa shape index (κ3) is 2.96. The van der Waals surface area contributed by atoms with Gasteiger partial charge in [0.2, 0.25) is 0 Å². The molecule has 2 aromatic carbocycles. The van der Waals surface area contributed by atoms with Crippen LogP contribution in [0.2, 0.25) is 0 Å². The molecular weight excluding hydrogens is 294 g/mol. The predicted octanol–water partition coefficient (Wildman–Crippen LogP) is 2.34. The van der Waals surface area contributed by atoms with Crippen molar-refractivity contribution in [1.29, 1.82) is 0 Å². The molecule has 0 aliphatic carbocycles. The second-order valence-electron chi connectivity index (χ2n) is 5.16. The Morgan fingerprint density at radius 3 is 2.09 bits per heavy atom. The van der Waals surface area contributed by atoms with Crippen LogP contribution in [-0.4, -0.2) is 30.9 Å². The molecule has 0 bridgehead atoms. The van der Waals surface area contributed by atoms with E-state index in [9.17, 15) is 9.59 Å². The van der Waals surface area contributed by atoms with Crippen LogP contribution in [0.15, 0.2) is 53.3 Å². The Morgan fingerprint density at radius 1 is 0.957 bits per heavy atom. The van der Waals surface area contributed by atoms with Gasteiger partial charge in [-0.15, -0.1) is 0 Å². The van der Waals surface area contributed by atoms with Crippen LogP contribution < -0.4 is 5.43 Å². The number of benzene rings is 2. The normalized spacial score (nSPS) is 11.0. The van der Waals surface area contributed by atoms with Crippen LogP contribution in [-0.2, 0) is 20.8 Å². The molecule has 0 amide bonds. The number of carbonyl (C=O) groups excluding carboxylic acids is 1. The summed E-state index contributed by atoms with van der Waals surface area (Å²) in [4.78, 5) is 24.7. The van der Waals surface area contributed by atoms with Crippen molar-refractivity contribution in [3.8, 4) is 0 Å². The molecule has 0 fully saturated rings. The molecule has 23 heavy (non-hydrogen) atoms. The molecule has 0 saturated heterocycles. The smallest absolute Gasteiger partial charge is 0.326 e. The third-order valence-electron chi connectivity index (χ3n) is 3.72. The van der Waals surface area contributed by atoms with Crippen LogP contribution in [0.1, 0.15) is 0 Å². The number of para-hydroxylation sites is 2. The first kappa shape index (κ1) is 15.2. The summed E-state index contributed by atoms with van der Waals surface area (Å²) in [6.07, 6.45) is 0. The second-order valence-corrected chi connectivity index (χ2v) is 5.16. The fourth-order valence-corrected chi connectivity index (χ4v) is 2.66. The van der Waals surface area contributed by atoms with Crippen LogP contribution in [0.4, 0.5) is 0 Å². The van der Waals surface area contributed by atoms with E-state index in [1.54, 1.807) is 19.2 Å². The fraction of sp³-hybridized carbons (Fsp3) is 0.222. The molecule has 0 saturated carbocycles. The van der Waals surface area contributed by atoms with E-state index in [0.29, 0.717) is 17.4 Å². The molecule has 1 heterocycles. The van der Waals surface area contributed by atoms with Crippen LogP contribution in [0.25, 0.3) is 21.8 Å². The number of methoxy groups -OCH3 is 1. The van der Waals surface area contributed by atoms with Crippen LogP contribution in [0.5, 0.6) is 0 Å². The van der Waals surface area contributed by atoms with Crippen molar-refractivity contribution in [3.63, 3.8) is 0 Å². The molecule has 1 aromatic heterocycles. The molecule has 0 radical (unpaired) electrons. The fourth-order valence-electron chi connectivity index (χ4n) is 2.66. The van der Waals surface area contributed by atoms with Gasteiger partial charge in [0.25, 0.3) is 0 Å². The van der Waals surface area contributed by atoms with Crippen molar-refractivity contribution < 1.29 is 14.3 Å². The van der Waals surface area contributed by atoms with E-state index in [-0.39, 0.29) is 24.5 Å². The van der Waals surface area contributed by atoms with Gasteiger partial charge in [0, 0.05) is 17.9 Å². The highest BCUT2D eigenvalue weighted by Gasteiger charge is 2.13. The van der Waals surface area contributed by atoms with Crippen LogP contribution in [0.3, 0.4) is 0 Å². The Kier molecular flexibility index (Phi) is 4.39. The number of fused-ring (bicyclic) bond motifs is 2. The molecule has 3 aromatic rings. The summed E-state index contributed by atoms with van der Waals surface area (Å²) in [6.45, 7) is 0.619. The molecule has 0 aliphatic rings. The first-order valence-corrected chi connectivity index (χ1v) is 7.37. The molecule has 0 spiro atoms. The van der Waals surface area contributed by atoms with Gasteiger partial charge in [0.15, 0.2) is 5.43 Å². The third-order valence-corrected chi connectivity index (χ3v) is 3.72. The maximum atomic E-state index is 12.6. The minimum atomic E-state index is -0.360. The maximum Gasteiger partial charge on any atom is 0.326 e. The van der Waals surface area contributed by atoms with Gasteiger partial charge in [-0.1, -0.05) is 24.3 Å². The summed E-state index contributed by atoms with van der Waals surface area (Å²) in [5.74, 6) is -0.360. The highest BCUT2D eigenvalue weighted by molar-refractivity contribution is 5.94. The van der Waals surface area contributed by atoms with E-state index in [0.717, 1.165) is 11.0 Å². The highest BCUT2D eigenvalue weighted by Crippen LogP contribution is 2.19. The number of esters is 1. The van der Waals surface area contributed by atoms with Gasteiger partial charge in [-0.05, 0) is 24.3 Å². The van der Waals surface area contributed by atoms with Gasteiger partial charge >= 0.3 is 5.97 Å². The Balaban J connectivity index is 2.11. The SMILES string of the molecule is COCCOC(=O)Cn1c2ccccc2c(=O)c2ccccc21. The molecule has 0 unspecified atom stereocenters. The molecule has 3 rings (SSSR count). The van der Waals surface area contributed by atoms with E-state index >= 15 is 0 Å². The Bertz CT molecular complexity index is 854. The van der Waals surface area contributed by atoms with Crippen molar-refractivity contribution in [2.45, 2.75) is 6.54 Å². The van der Waals surface area contributed by atoms with E-state index in [4.69, 9.17) is 9.47 Å². The van der Waals surface area contributed by atoms with Gasteiger partial charge in [0.1, 0.15) is 13.2 Å². The summed E-state index contributed by atoms with van der Waals surface area (Å²) in [6, 6.07) is 14.6. The van der Waals surface area contributed by atoms with Crippen molar-refractivity contribution >= 4 is 27.8 Å². The van der Waals surface area contributed by atoms with Gasteiger partial charge in [-0.3, -0.25) is 9.59 Å². The average molecular weight is 311 g/mol. The van der Waals surface area contributed by atoms with Crippen molar-refractivity contribution in [2.75, 3.05) is 20.3 Å². The van der Waals surface area contributed by atoms with E-state index in [1.165, 1.54) is 0 Å². The number of ether oxygens (including phenoxy) is 2. The minimum Gasteiger partial charge on any atom is -0.462 e. The quantitative estimate of drug-likeness (QED) is 0.412. The Hall–Kier alpha value is -2.66. The maximum absolute atomic E-state index is 12.6. The summed E-state index contributed by atoms with van der Waals surface area (Å²) in [5.41, 5.74) is 1.42.